The Balaban J connectivity index is 2.41. The molecule has 0 unspecified atom stereocenters. The number of piperidine rings is 1. The Morgan fingerprint density at radius 2 is 1.94 bits per heavy atom. The van der Waals surface area contributed by atoms with Gasteiger partial charge in [-0.25, -0.2) is 4.79 Å². The molecule has 92 valence electrons. The van der Waals surface area contributed by atoms with Gasteiger partial charge >= 0.3 is 12.0 Å². The molecule has 0 saturated carbocycles. The van der Waals surface area contributed by atoms with Crippen LogP contribution >= 0.6 is 0 Å². The van der Waals surface area contributed by atoms with Gasteiger partial charge < -0.3 is 14.5 Å². The van der Waals surface area contributed by atoms with Gasteiger partial charge in [-0.15, -0.1) is 0 Å². The SMILES string of the molecule is COC(=O)CN(C)C(=O)N1CCC(C)CC1. The maximum atomic E-state index is 11.9. The predicted octanol–water partition coefficient (Wildman–Crippen LogP) is 0.943. The van der Waals surface area contributed by atoms with Crippen LogP contribution in [0.25, 0.3) is 0 Å². The third-order valence-electron chi connectivity index (χ3n) is 2.97. The summed E-state index contributed by atoms with van der Waals surface area (Å²) in [5, 5.41) is 0. The van der Waals surface area contributed by atoms with Crippen molar-refractivity contribution in [3.8, 4) is 0 Å². The molecule has 1 aliphatic heterocycles. The lowest BCUT2D eigenvalue weighted by Crippen LogP contribution is -2.46. The van der Waals surface area contributed by atoms with E-state index in [2.05, 4.69) is 11.7 Å². The topological polar surface area (TPSA) is 49.9 Å². The maximum Gasteiger partial charge on any atom is 0.325 e. The highest BCUT2D eigenvalue weighted by Crippen LogP contribution is 2.16. The lowest BCUT2D eigenvalue weighted by Gasteiger charge is -2.33. The molecule has 0 aromatic heterocycles. The Morgan fingerprint density at radius 1 is 1.38 bits per heavy atom. The number of carbonyl (C=O) groups is 2. The van der Waals surface area contributed by atoms with Gasteiger partial charge in [-0.3, -0.25) is 4.79 Å². The quantitative estimate of drug-likeness (QED) is 0.661. The van der Waals surface area contributed by atoms with Crippen LogP contribution in [0.3, 0.4) is 0 Å². The summed E-state index contributed by atoms with van der Waals surface area (Å²) in [7, 11) is 2.94. The third kappa shape index (κ3) is 3.40. The van der Waals surface area contributed by atoms with Gasteiger partial charge in [-0.2, -0.15) is 0 Å². The van der Waals surface area contributed by atoms with Gasteiger partial charge in [-0.05, 0) is 18.8 Å². The molecule has 0 radical (unpaired) electrons. The zero-order chi connectivity index (χ0) is 12.1. The number of likely N-dealkylation sites (tertiary alicyclic amines) is 1. The van der Waals surface area contributed by atoms with Crippen LogP contribution in [0.15, 0.2) is 0 Å². The van der Waals surface area contributed by atoms with Crippen molar-refractivity contribution in [1.82, 2.24) is 9.80 Å². The van der Waals surface area contributed by atoms with Crippen LogP contribution in [0.2, 0.25) is 0 Å². The largest absolute Gasteiger partial charge is 0.468 e. The first-order valence-corrected chi connectivity index (χ1v) is 5.61. The molecule has 5 heteroatoms. The van der Waals surface area contributed by atoms with E-state index in [1.807, 2.05) is 0 Å². The van der Waals surface area contributed by atoms with Crippen LogP contribution in [0.1, 0.15) is 19.8 Å². The molecule has 1 saturated heterocycles. The second-order valence-corrected chi connectivity index (χ2v) is 4.38. The zero-order valence-corrected chi connectivity index (χ0v) is 10.2. The number of amides is 2. The molecule has 1 rings (SSSR count). The van der Waals surface area contributed by atoms with Crippen molar-refractivity contribution < 1.29 is 14.3 Å². The molecule has 5 nitrogen and oxygen atoms in total. The summed E-state index contributed by atoms with van der Waals surface area (Å²) in [5.74, 6) is 0.302. The Labute approximate surface area is 96.3 Å². The van der Waals surface area contributed by atoms with Crippen molar-refractivity contribution in [2.75, 3.05) is 33.8 Å². The second-order valence-electron chi connectivity index (χ2n) is 4.38. The van der Waals surface area contributed by atoms with Gasteiger partial charge in [0.15, 0.2) is 0 Å². The fraction of sp³-hybridized carbons (Fsp3) is 0.818. The summed E-state index contributed by atoms with van der Waals surface area (Å²) in [4.78, 5) is 26.1. The lowest BCUT2D eigenvalue weighted by atomic mass is 10.00. The van der Waals surface area contributed by atoms with Crippen molar-refractivity contribution in [3.05, 3.63) is 0 Å². The third-order valence-corrected chi connectivity index (χ3v) is 2.97. The molecule has 0 atom stereocenters. The van der Waals surface area contributed by atoms with Gasteiger partial charge in [0.05, 0.1) is 7.11 Å². The van der Waals surface area contributed by atoms with Crippen LogP contribution in [0.4, 0.5) is 4.79 Å². The van der Waals surface area contributed by atoms with Crippen molar-refractivity contribution in [2.45, 2.75) is 19.8 Å². The molecule has 1 heterocycles. The Bertz CT molecular complexity index is 260. The van der Waals surface area contributed by atoms with Crippen LogP contribution in [-0.2, 0) is 9.53 Å². The van der Waals surface area contributed by atoms with Gasteiger partial charge in [0.1, 0.15) is 6.54 Å². The minimum absolute atomic E-state index is 0.0153. The maximum absolute atomic E-state index is 11.9. The van der Waals surface area contributed by atoms with Crippen molar-refractivity contribution in [3.63, 3.8) is 0 Å². The fourth-order valence-electron chi connectivity index (χ4n) is 1.77. The average molecular weight is 228 g/mol. The fourth-order valence-corrected chi connectivity index (χ4v) is 1.77. The highest BCUT2D eigenvalue weighted by atomic mass is 16.5. The van der Waals surface area contributed by atoms with E-state index >= 15 is 0 Å². The van der Waals surface area contributed by atoms with Crippen LogP contribution in [0.5, 0.6) is 0 Å². The molecule has 0 spiro atoms. The van der Waals surface area contributed by atoms with E-state index in [1.54, 1.807) is 11.9 Å². The lowest BCUT2D eigenvalue weighted by molar-refractivity contribution is -0.141. The number of rotatable bonds is 2. The number of likely N-dealkylation sites (N-methyl/N-ethyl adjacent to an activating group) is 1. The first kappa shape index (κ1) is 12.8. The summed E-state index contributed by atoms with van der Waals surface area (Å²) in [6.45, 7) is 3.78. The Morgan fingerprint density at radius 3 is 2.44 bits per heavy atom. The van der Waals surface area contributed by atoms with E-state index in [4.69, 9.17) is 0 Å². The normalized spacial score (nSPS) is 17.1. The Kier molecular flexibility index (Phi) is 4.58. The van der Waals surface area contributed by atoms with Gasteiger partial charge in [-0.1, -0.05) is 6.92 Å². The standard InChI is InChI=1S/C11H20N2O3/c1-9-4-6-13(7-5-9)11(15)12(2)8-10(14)16-3/h9H,4-8H2,1-3H3. The average Bonchev–Trinajstić information content (AvgIpc) is 2.28. The van der Waals surface area contributed by atoms with E-state index in [0.717, 1.165) is 25.9 Å². The minimum Gasteiger partial charge on any atom is -0.468 e. The number of esters is 1. The van der Waals surface area contributed by atoms with Crippen LogP contribution in [-0.4, -0.2) is 55.6 Å². The summed E-state index contributed by atoms with van der Waals surface area (Å²) in [5.41, 5.74) is 0. The number of hydrogen-bond donors (Lipinski definition) is 0. The van der Waals surface area contributed by atoms with E-state index in [1.165, 1.54) is 12.0 Å². The number of methoxy groups -OCH3 is 1. The summed E-state index contributed by atoms with van der Waals surface area (Å²) in [6, 6.07) is -0.0858. The number of carbonyl (C=O) groups excluding carboxylic acids is 2. The van der Waals surface area contributed by atoms with Crippen LogP contribution < -0.4 is 0 Å². The van der Waals surface area contributed by atoms with E-state index in [9.17, 15) is 9.59 Å². The van der Waals surface area contributed by atoms with Crippen molar-refractivity contribution in [2.24, 2.45) is 5.92 Å². The predicted molar refractivity (Wildman–Crippen MR) is 60.0 cm³/mol. The minimum atomic E-state index is -0.388. The molecular weight excluding hydrogens is 208 g/mol. The molecular formula is C11H20N2O3. The molecule has 2 amide bonds. The molecule has 0 aromatic rings. The van der Waals surface area contributed by atoms with E-state index < -0.39 is 0 Å². The highest BCUT2D eigenvalue weighted by Gasteiger charge is 2.23. The van der Waals surface area contributed by atoms with E-state index in [-0.39, 0.29) is 18.5 Å². The highest BCUT2D eigenvalue weighted by molar-refractivity contribution is 5.80. The molecule has 0 aliphatic carbocycles. The molecule has 0 aromatic carbocycles. The number of urea groups is 1. The van der Waals surface area contributed by atoms with E-state index in [0.29, 0.717) is 5.92 Å². The molecule has 0 bridgehead atoms. The van der Waals surface area contributed by atoms with Gasteiger partial charge in [0.2, 0.25) is 0 Å². The molecule has 16 heavy (non-hydrogen) atoms. The summed E-state index contributed by atoms with van der Waals surface area (Å²) < 4.78 is 4.52. The molecule has 1 fully saturated rings. The van der Waals surface area contributed by atoms with Gasteiger partial charge in [0.25, 0.3) is 0 Å². The molecule has 0 N–H and O–H groups in total. The van der Waals surface area contributed by atoms with Crippen molar-refractivity contribution in [1.29, 1.82) is 0 Å². The second kappa shape index (κ2) is 5.72. The van der Waals surface area contributed by atoms with Gasteiger partial charge in [0, 0.05) is 20.1 Å². The monoisotopic (exact) mass is 228 g/mol. The van der Waals surface area contributed by atoms with Crippen molar-refractivity contribution >= 4 is 12.0 Å². The smallest absolute Gasteiger partial charge is 0.325 e. The summed E-state index contributed by atoms with van der Waals surface area (Å²) >= 11 is 0. The van der Waals surface area contributed by atoms with Crippen LogP contribution in [0, 0.1) is 5.92 Å². The first-order chi connectivity index (χ1) is 7.54. The number of ether oxygens (including phenoxy) is 1. The number of nitrogens with zero attached hydrogens (tertiary/aromatic N) is 2. The Hall–Kier alpha value is -1.26. The zero-order valence-electron chi connectivity index (χ0n) is 10.2. The first-order valence-electron chi connectivity index (χ1n) is 5.61. The summed E-state index contributed by atoms with van der Waals surface area (Å²) in [6.07, 6.45) is 2.08. The number of hydrogen-bond acceptors (Lipinski definition) is 3. The molecule has 1 aliphatic rings.